The molecule has 188 valence electrons. The van der Waals surface area contributed by atoms with Crippen molar-refractivity contribution in [1.82, 2.24) is 9.78 Å². The Morgan fingerprint density at radius 2 is 1.43 bits per heavy atom. The van der Waals surface area contributed by atoms with E-state index in [9.17, 15) is 9.59 Å². The Balaban J connectivity index is 1.68. The van der Waals surface area contributed by atoms with Crippen LogP contribution in [0, 0.1) is 26.7 Å². The second kappa shape index (κ2) is 9.69. The highest BCUT2D eigenvalue weighted by atomic mass is 35.5. The molecule has 6 nitrogen and oxygen atoms in total. The van der Waals surface area contributed by atoms with Gasteiger partial charge in [-0.15, -0.1) is 0 Å². The normalized spacial score (nSPS) is 16.3. The molecule has 0 saturated heterocycles. The second-order valence-corrected chi connectivity index (χ2v) is 10.3. The Hall–Kier alpha value is -3.61. The van der Waals surface area contributed by atoms with Crippen molar-refractivity contribution in [2.45, 2.75) is 33.6 Å². The fourth-order valence-electron chi connectivity index (χ4n) is 4.89. The Labute approximate surface area is 225 Å². The van der Waals surface area contributed by atoms with Gasteiger partial charge in [0.15, 0.2) is 0 Å². The number of aromatic amines is 1. The van der Waals surface area contributed by atoms with Gasteiger partial charge in [0.2, 0.25) is 0 Å². The largest absolute Gasteiger partial charge is 0.295 e. The molecule has 1 aliphatic heterocycles. The number of benzene rings is 3. The lowest BCUT2D eigenvalue weighted by molar-refractivity contribution is -0.120. The van der Waals surface area contributed by atoms with Crippen LogP contribution in [0.1, 0.15) is 40.8 Å². The van der Waals surface area contributed by atoms with Crippen molar-refractivity contribution < 1.29 is 4.79 Å². The molecule has 0 spiro atoms. The molecule has 1 amide bonds. The van der Waals surface area contributed by atoms with E-state index < -0.39 is 11.8 Å². The maximum atomic E-state index is 13.9. The predicted octanol–water partition coefficient (Wildman–Crippen LogP) is 6.57. The molecule has 0 radical (unpaired) electrons. The summed E-state index contributed by atoms with van der Waals surface area (Å²) in [6, 6.07) is 20.4. The monoisotopic (exact) mass is 532 g/mol. The number of H-pyrrole nitrogens is 1. The number of carbonyl (C=O) groups excluding carboxylic acids is 1. The van der Waals surface area contributed by atoms with Crippen LogP contribution in [-0.4, -0.2) is 21.4 Å². The highest BCUT2D eigenvalue weighted by Gasteiger charge is 2.44. The summed E-state index contributed by atoms with van der Waals surface area (Å²) in [4.78, 5) is 27.9. The van der Waals surface area contributed by atoms with E-state index in [0.29, 0.717) is 44.0 Å². The summed E-state index contributed by atoms with van der Waals surface area (Å²) in [7, 11) is 0. The first-order valence-corrected chi connectivity index (χ1v) is 12.7. The summed E-state index contributed by atoms with van der Waals surface area (Å²) in [5, 5.41) is 10.1. The number of amides is 1. The lowest BCUT2D eigenvalue weighted by Crippen LogP contribution is -2.34. The Morgan fingerprint density at radius 1 is 0.838 bits per heavy atom. The van der Waals surface area contributed by atoms with E-state index in [2.05, 4.69) is 10.2 Å². The van der Waals surface area contributed by atoms with Crippen molar-refractivity contribution in [3.05, 3.63) is 115 Å². The molecule has 0 saturated carbocycles. The van der Waals surface area contributed by atoms with Crippen molar-refractivity contribution in [3.63, 3.8) is 0 Å². The molecule has 4 aromatic rings. The highest BCUT2D eigenvalue weighted by molar-refractivity contribution is 6.35. The summed E-state index contributed by atoms with van der Waals surface area (Å²) < 4.78 is 1.50. The number of anilines is 1. The molecular weight excluding hydrogens is 507 g/mol. The smallest absolute Gasteiger partial charge is 0.275 e. The third-order valence-electron chi connectivity index (χ3n) is 6.81. The standard InChI is InChI=1S/C29H26Cl2N4O2/c1-16-5-10-21(11-6-16)34-28(36)25(18(3)32-34)27(23-14-9-20(30)15-24(23)31)26-19(4)33-35(29(26)37)22-12-7-17(2)8-13-22/h5-15,25,27,33H,1-4H3. The third-order valence-corrected chi connectivity index (χ3v) is 7.37. The number of rotatable bonds is 5. The fraction of sp³-hybridized carbons (Fsp3) is 0.207. The second-order valence-electron chi connectivity index (χ2n) is 9.47. The van der Waals surface area contributed by atoms with Gasteiger partial charge in [-0.2, -0.15) is 5.10 Å². The van der Waals surface area contributed by atoms with Gasteiger partial charge in [0.25, 0.3) is 11.5 Å². The highest BCUT2D eigenvalue weighted by Crippen LogP contribution is 2.41. The van der Waals surface area contributed by atoms with E-state index in [1.165, 1.54) is 9.69 Å². The van der Waals surface area contributed by atoms with Crippen molar-refractivity contribution in [2.75, 3.05) is 5.01 Å². The zero-order valence-electron chi connectivity index (χ0n) is 20.9. The topological polar surface area (TPSA) is 70.5 Å². The van der Waals surface area contributed by atoms with E-state index in [4.69, 9.17) is 23.2 Å². The number of nitrogens with one attached hydrogen (secondary N) is 1. The molecule has 0 fully saturated rings. The number of halogens is 2. The SMILES string of the molecule is CC1=NN(c2ccc(C)cc2)C(=O)C1C(c1ccc(Cl)cc1Cl)c1c(C)[nH]n(-c2ccc(C)cc2)c1=O. The molecule has 0 bridgehead atoms. The first-order valence-electron chi connectivity index (χ1n) is 11.9. The van der Waals surface area contributed by atoms with E-state index in [0.717, 1.165) is 11.1 Å². The zero-order chi connectivity index (χ0) is 26.4. The fourth-order valence-corrected chi connectivity index (χ4v) is 5.42. The van der Waals surface area contributed by atoms with E-state index in [1.807, 2.05) is 76.2 Å². The Kier molecular flexibility index (Phi) is 6.56. The van der Waals surface area contributed by atoms with Gasteiger partial charge in [-0.25, -0.2) is 9.69 Å². The number of carbonyl (C=O) groups is 1. The summed E-state index contributed by atoms with van der Waals surface area (Å²) in [5.41, 5.74) is 5.65. The minimum Gasteiger partial charge on any atom is -0.295 e. The van der Waals surface area contributed by atoms with Crippen LogP contribution in [0.3, 0.4) is 0 Å². The molecule has 1 aliphatic rings. The predicted molar refractivity (Wildman–Crippen MR) is 149 cm³/mol. The first-order chi connectivity index (χ1) is 17.7. The number of hydrogen-bond acceptors (Lipinski definition) is 3. The molecule has 5 rings (SSSR count). The van der Waals surface area contributed by atoms with Crippen molar-refractivity contribution in [3.8, 4) is 5.69 Å². The average molecular weight is 533 g/mol. The van der Waals surface area contributed by atoms with Gasteiger partial charge in [-0.05, 0) is 69.7 Å². The summed E-state index contributed by atoms with van der Waals surface area (Å²) in [6.07, 6.45) is 0. The molecule has 0 aliphatic carbocycles. The van der Waals surface area contributed by atoms with Gasteiger partial charge in [-0.1, -0.05) is 64.7 Å². The quantitative estimate of drug-likeness (QED) is 0.315. The van der Waals surface area contributed by atoms with Crippen LogP contribution in [0.4, 0.5) is 5.69 Å². The van der Waals surface area contributed by atoms with Gasteiger partial charge >= 0.3 is 0 Å². The van der Waals surface area contributed by atoms with Crippen LogP contribution in [-0.2, 0) is 4.79 Å². The van der Waals surface area contributed by atoms with Crippen molar-refractivity contribution in [2.24, 2.45) is 11.0 Å². The molecule has 3 aromatic carbocycles. The van der Waals surface area contributed by atoms with E-state index >= 15 is 0 Å². The van der Waals surface area contributed by atoms with Gasteiger partial charge in [0, 0.05) is 32.9 Å². The van der Waals surface area contributed by atoms with Crippen molar-refractivity contribution in [1.29, 1.82) is 0 Å². The van der Waals surface area contributed by atoms with Gasteiger partial charge in [-0.3, -0.25) is 14.7 Å². The number of aryl methyl sites for hydroxylation is 3. The van der Waals surface area contributed by atoms with Crippen LogP contribution < -0.4 is 10.6 Å². The molecule has 8 heteroatoms. The maximum Gasteiger partial charge on any atom is 0.275 e. The average Bonchev–Trinajstić information content (AvgIpc) is 3.32. The maximum absolute atomic E-state index is 13.9. The lowest BCUT2D eigenvalue weighted by atomic mass is 9.78. The summed E-state index contributed by atoms with van der Waals surface area (Å²) in [6.45, 7) is 7.62. The van der Waals surface area contributed by atoms with Crippen LogP contribution in [0.5, 0.6) is 0 Å². The molecule has 2 heterocycles. The summed E-state index contributed by atoms with van der Waals surface area (Å²) >= 11 is 12.9. The lowest BCUT2D eigenvalue weighted by Gasteiger charge is -2.24. The van der Waals surface area contributed by atoms with Crippen LogP contribution in [0.15, 0.2) is 76.6 Å². The Morgan fingerprint density at radius 3 is 2.03 bits per heavy atom. The van der Waals surface area contributed by atoms with E-state index in [-0.39, 0.29) is 11.5 Å². The molecule has 37 heavy (non-hydrogen) atoms. The van der Waals surface area contributed by atoms with Gasteiger partial charge < -0.3 is 0 Å². The van der Waals surface area contributed by atoms with Crippen molar-refractivity contribution >= 4 is 40.5 Å². The Bertz CT molecular complexity index is 1580. The van der Waals surface area contributed by atoms with Gasteiger partial charge in [0.1, 0.15) is 0 Å². The molecule has 2 atom stereocenters. The number of nitrogens with zero attached hydrogens (tertiary/aromatic N) is 3. The van der Waals surface area contributed by atoms with Gasteiger partial charge in [0.05, 0.1) is 17.3 Å². The minimum absolute atomic E-state index is 0.223. The number of aromatic nitrogens is 2. The molecule has 1 N–H and O–H groups in total. The van der Waals surface area contributed by atoms with Crippen LogP contribution in [0.2, 0.25) is 10.0 Å². The zero-order valence-corrected chi connectivity index (χ0v) is 22.4. The molecule has 1 aromatic heterocycles. The minimum atomic E-state index is -0.728. The third kappa shape index (κ3) is 4.52. The summed E-state index contributed by atoms with van der Waals surface area (Å²) in [5.74, 6) is -1.63. The van der Waals surface area contributed by atoms with Crippen LogP contribution >= 0.6 is 23.2 Å². The van der Waals surface area contributed by atoms with Crippen LogP contribution in [0.25, 0.3) is 5.69 Å². The molecule has 2 unspecified atom stereocenters. The molecular formula is C29H26Cl2N4O2. The number of hydrazone groups is 1. The van der Waals surface area contributed by atoms with E-state index in [1.54, 1.807) is 18.2 Å². The first kappa shape index (κ1) is 25.1. The number of hydrogen-bond donors (Lipinski definition) is 1.